The highest BCUT2D eigenvalue weighted by Crippen LogP contribution is 2.13. The number of carbonyl (C=O) groups excluding carboxylic acids is 3. The number of nitrogen functional groups attached to an aromatic ring is 1. The van der Waals surface area contributed by atoms with Crippen molar-refractivity contribution < 1.29 is 14.4 Å². The molecule has 0 bridgehead atoms. The van der Waals surface area contributed by atoms with Crippen LogP contribution in [-0.2, 0) is 9.59 Å². The van der Waals surface area contributed by atoms with Gasteiger partial charge in [0.25, 0.3) is 11.7 Å². The van der Waals surface area contributed by atoms with Gasteiger partial charge in [0.1, 0.15) is 0 Å². The molecule has 0 spiro atoms. The van der Waals surface area contributed by atoms with Crippen molar-refractivity contribution in [2.45, 2.75) is 6.92 Å². The standard InChI is InChI=1S/C10H10N2O3/c1-6-2-3-7(11)4-8(6)9(14)10(15)12-5-13/h2-5H,11H2,1H3,(H,12,13,15). The Labute approximate surface area is 86.3 Å². The van der Waals surface area contributed by atoms with Crippen LogP contribution in [0, 0.1) is 6.92 Å². The van der Waals surface area contributed by atoms with E-state index in [1.165, 1.54) is 6.07 Å². The Kier molecular flexibility index (Phi) is 3.17. The highest BCUT2D eigenvalue weighted by atomic mass is 16.2. The van der Waals surface area contributed by atoms with Crippen LogP contribution in [0.1, 0.15) is 15.9 Å². The van der Waals surface area contributed by atoms with Crippen molar-refractivity contribution in [3.8, 4) is 0 Å². The third kappa shape index (κ3) is 2.40. The first-order valence-corrected chi connectivity index (χ1v) is 4.21. The summed E-state index contributed by atoms with van der Waals surface area (Å²) >= 11 is 0. The van der Waals surface area contributed by atoms with Crippen LogP contribution in [0.25, 0.3) is 0 Å². The predicted octanol–water partition coefficient (Wildman–Crippen LogP) is 0.0325. The second kappa shape index (κ2) is 4.36. The lowest BCUT2D eigenvalue weighted by Crippen LogP contribution is -2.30. The number of carbonyl (C=O) groups is 3. The zero-order valence-corrected chi connectivity index (χ0v) is 8.11. The molecule has 1 rings (SSSR count). The number of aryl methyl sites for hydroxylation is 1. The molecule has 0 atom stereocenters. The quantitative estimate of drug-likeness (QED) is 0.316. The molecule has 0 fully saturated rings. The molecule has 5 nitrogen and oxygen atoms in total. The van der Waals surface area contributed by atoms with Gasteiger partial charge in [-0.3, -0.25) is 19.7 Å². The Bertz CT molecular complexity index is 427. The average molecular weight is 206 g/mol. The minimum atomic E-state index is -0.960. The van der Waals surface area contributed by atoms with Gasteiger partial charge in [0.05, 0.1) is 0 Å². The summed E-state index contributed by atoms with van der Waals surface area (Å²) in [5.74, 6) is -1.73. The summed E-state index contributed by atoms with van der Waals surface area (Å²) in [7, 11) is 0. The third-order valence-corrected chi connectivity index (χ3v) is 1.90. The molecule has 0 saturated carbocycles. The Hall–Kier alpha value is -2.17. The summed E-state index contributed by atoms with van der Waals surface area (Å²) in [5, 5.41) is 1.78. The number of nitrogens with one attached hydrogen (secondary N) is 1. The van der Waals surface area contributed by atoms with Gasteiger partial charge in [-0.15, -0.1) is 0 Å². The van der Waals surface area contributed by atoms with Gasteiger partial charge in [-0.2, -0.15) is 0 Å². The van der Waals surface area contributed by atoms with Crippen LogP contribution >= 0.6 is 0 Å². The first-order valence-electron chi connectivity index (χ1n) is 4.21. The normalized spacial score (nSPS) is 9.40. The first-order chi connectivity index (χ1) is 7.06. The number of imide groups is 1. The van der Waals surface area contributed by atoms with Crippen LogP contribution in [0.5, 0.6) is 0 Å². The lowest BCUT2D eigenvalue weighted by molar-refractivity contribution is -0.122. The zero-order chi connectivity index (χ0) is 11.4. The number of hydrogen-bond donors (Lipinski definition) is 2. The maximum Gasteiger partial charge on any atom is 0.298 e. The Balaban J connectivity index is 3.05. The maximum absolute atomic E-state index is 11.5. The van der Waals surface area contributed by atoms with Crippen LogP contribution in [0.4, 0.5) is 5.69 Å². The van der Waals surface area contributed by atoms with Crippen molar-refractivity contribution in [1.82, 2.24) is 5.32 Å². The molecular weight excluding hydrogens is 196 g/mol. The number of anilines is 1. The topological polar surface area (TPSA) is 89.3 Å². The highest BCUT2D eigenvalue weighted by molar-refractivity contribution is 6.44. The fraction of sp³-hybridized carbons (Fsp3) is 0.100. The lowest BCUT2D eigenvalue weighted by Gasteiger charge is -2.04. The second-order valence-corrected chi connectivity index (χ2v) is 2.99. The Morgan fingerprint density at radius 2 is 2.07 bits per heavy atom. The minimum absolute atomic E-state index is 0.169. The Morgan fingerprint density at radius 3 is 2.67 bits per heavy atom. The maximum atomic E-state index is 11.5. The van der Waals surface area contributed by atoms with Crippen LogP contribution in [-0.4, -0.2) is 18.1 Å². The van der Waals surface area contributed by atoms with E-state index in [0.29, 0.717) is 11.3 Å². The Morgan fingerprint density at radius 1 is 1.40 bits per heavy atom. The smallest absolute Gasteiger partial charge is 0.298 e. The van der Waals surface area contributed by atoms with Crippen molar-refractivity contribution in [2.24, 2.45) is 0 Å². The summed E-state index contributed by atoms with van der Waals surface area (Å²) in [6, 6.07) is 4.67. The summed E-state index contributed by atoms with van der Waals surface area (Å²) < 4.78 is 0. The predicted molar refractivity (Wildman–Crippen MR) is 54.1 cm³/mol. The van der Waals surface area contributed by atoms with Crippen LogP contribution in [0.2, 0.25) is 0 Å². The van der Waals surface area contributed by atoms with Gasteiger partial charge in [-0.25, -0.2) is 0 Å². The number of rotatable bonds is 3. The molecule has 0 unspecified atom stereocenters. The summed E-state index contributed by atoms with van der Waals surface area (Å²) in [6.07, 6.45) is 0.169. The summed E-state index contributed by atoms with van der Waals surface area (Å²) in [5.41, 5.74) is 6.72. The largest absolute Gasteiger partial charge is 0.399 e. The monoisotopic (exact) mass is 206 g/mol. The van der Waals surface area contributed by atoms with E-state index in [-0.39, 0.29) is 12.0 Å². The molecule has 0 aliphatic heterocycles. The number of amides is 2. The molecule has 5 heteroatoms. The van der Waals surface area contributed by atoms with Gasteiger partial charge in [0.15, 0.2) is 0 Å². The van der Waals surface area contributed by atoms with Crippen molar-refractivity contribution in [3.63, 3.8) is 0 Å². The number of nitrogens with two attached hydrogens (primary N) is 1. The highest BCUT2D eigenvalue weighted by Gasteiger charge is 2.17. The van der Waals surface area contributed by atoms with Crippen LogP contribution in [0.3, 0.4) is 0 Å². The molecule has 15 heavy (non-hydrogen) atoms. The molecule has 2 amide bonds. The number of ketones is 1. The van der Waals surface area contributed by atoms with Crippen molar-refractivity contribution in [1.29, 1.82) is 0 Å². The molecule has 0 aliphatic rings. The average Bonchev–Trinajstić information content (AvgIpc) is 2.21. The fourth-order valence-electron chi connectivity index (χ4n) is 1.13. The van der Waals surface area contributed by atoms with Gasteiger partial charge in [0.2, 0.25) is 6.41 Å². The number of hydrogen-bond acceptors (Lipinski definition) is 4. The second-order valence-electron chi connectivity index (χ2n) is 2.99. The zero-order valence-electron chi connectivity index (χ0n) is 8.11. The molecule has 0 heterocycles. The summed E-state index contributed by atoms with van der Waals surface area (Å²) in [6.45, 7) is 1.68. The molecule has 1 aromatic rings. The molecule has 0 aliphatic carbocycles. The molecule has 0 saturated heterocycles. The van der Waals surface area contributed by atoms with Crippen molar-refractivity contribution in [2.75, 3.05) is 5.73 Å². The summed E-state index contributed by atoms with van der Waals surface area (Å²) in [4.78, 5) is 32.5. The fourth-order valence-corrected chi connectivity index (χ4v) is 1.13. The van der Waals surface area contributed by atoms with E-state index in [1.807, 2.05) is 0 Å². The van der Waals surface area contributed by atoms with E-state index in [4.69, 9.17) is 5.73 Å². The van der Waals surface area contributed by atoms with Gasteiger partial charge >= 0.3 is 0 Å². The van der Waals surface area contributed by atoms with E-state index in [9.17, 15) is 14.4 Å². The van der Waals surface area contributed by atoms with E-state index in [2.05, 4.69) is 0 Å². The first kappa shape index (κ1) is 10.9. The molecule has 0 radical (unpaired) electrons. The van der Waals surface area contributed by atoms with Gasteiger partial charge in [-0.1, -0.05) is 6.07 Å². The van der Waals surface area contributed by atoms with Gasteiger partial charge in [0, 0.05) is 11.3 Å². The van der Waals surface area contributed by atoms with Crippen molar-refractivity contribution in [3.05, 3.63) is 29.3 Å². The molecule has 1 aromatic carbocycles. The number of Topliss-reactive ketones (excluding diaryl/α,β-unsaturated/α-hetero) is 1. The van der Waals surface area contributed by atoms with E-state index >= 15 is 0 Å². The molecular formula is C10H10N2O3. The van der Waals surface area contributed by atoms with Crippen molar-refractivity contribution >= 4 is 23.8 Å². The van der Waals surface area contributed by atoms with E-state index in [0.717, 1.165) is 0 Å². The van der Waals surface area contributed by atoms with Gasteiger partial charge in [-0.05, 0) is 24.6 Å². The molecule has 0 aromatic heterocycles. The van der Waals surface area contributed by atoms with E-state index < -0.39 is 11.7 Å². The lowest BCUT2D eigenvalue weighted by atomic mass is 10.0. The SMILES string of the molecule is Cc1ccc(N)cc1C(=O)C(=O)NC=O. The molecule has 3 N–H and O–H groups in total. The van der Waals surface area contributed by atoms with E-state index in [1.54, 1.807) is 24.4 Å². The third-order valence-electron chi connectivity index (χ3n) is 1.90. The van der Waals surface area contributed by atoms with Gasteiger partial charge < -0.3 is 5.73 Å². The number of benzene rings is 1. The van der Waals surface area contributed by atoms with Crippen LogP contribution < -0.4 is 11.1 Å². The minimum Gasteiger partial charge on any atom is -0.399 e. The van der Waals surface area contributed by atoms with Crippen LogP contribution in [0.15, 0.2) is 18.2 Å². The molecule has 78 valence electrons.